The first-order chi connectivity index (χ1) is 10.0. The van der Waals surface area contributed by atoms with E-state index in [9.17, 15) is 9.90 Å². The van der Waals surface area contributed by atoms with Gasteiger partial charge in [0.05, 0.1) is 23.4 Å². The van der Waals surface area contributed by atoms with Gasteiger partial charge in [-0.25, -0.2) is 9.78 Å². The van der Waals surface area contributed by atoms with Gasteiger partial charge < -0.3 is 15.7 Å². The molecular weight excluding hydrogens is 310 g/mol. The Hall–Kier alpha value is -1.63. The fourth-order valence-corrected chi connectivity index (χ4v) is 2.56. The molecule has 0 bridgehead atoms. The average molecular weight is 326 g/mol. The molecule has 0 saturated heterocycles. The predicted octanol–water partition coefficient (Wildman–Crippen LogP) is 2.64. The summed E-state index contributed by atoms with van der Waals surface area (Å²) >= 11 is 7.39. The van der Waals surface area contributed by atoms with E-state index in [1.165, 1.54) is 11.3 Å². The number of hydrogen-bond acceptors (Lipinski definition) is 4. The summed E-state index contributed by atoms with van der Waals surface area (Å²) in [7, 11) is 0. The van der Waals surface area contributed by atoms with Crippen LogP contribution in [-0.2, 0) is 6.54 Å². The Labute approximate surface area is 132 Å². The molecule has 0 radical (unpaired) electrons. The maximum Gasteiger partial charge on any atom is 0.315 e. The molecule has 0 aliphatic rings. The number of urea groups is 1. The lowest BCUT2D eigenvalue weighted by Gasteiger charge is -2.13. The second-order valence-corrected chi connectivity index (χ2v) is 5.99. The van der Waals surface area contributed by atoms with Gasteiger partial charge in [-0.15, -0.1) is 11.3 Å². The Bertz CT molecular complexity index is 618. The van der Waals surface area contributed by atoms with Gasteiger partial charge in [-0.05, 0) is 24.6 Å². The SMILES string of the molecule is Cc1nc(CNC(=O)NC[C@@H](O)c2cccc(Cl)c2)cs1. The fourth-order valence-electron chi connectivity index (χ4n) is 1.74. The first-order valence-corrected chi connectivity index (χ1v) is 7.66. The van der Waals surface area contributed by atoms with E-state index < -0.39 is 6.10 Å². The standard InChI is InChI=1S/C14H16ClN3O2S/c1-9-18-12(8-21-9)6-16-14(20)17-7-13(19)10-3-2-4-11(15)5-10/h2-5,8,13,19H,6-7H2,1H3,(H2,16,17,20)/t13-/m1/s1. The molecule has 1 heterocycles. The van der Waals surface area contributed by atoms with Crippen LogP contribution in [0.4, 0.5) is 4.79 Å². The summed E-state index contributed by atoms with van der Waals surface area (Å²) in [5.41, 5.74) is 1.49. The molecule has 21 heavy (non-hydrogen) atoms. The van der Waals surface area contributed by atoms with Crippen molar-refractivity contribution in [3.63, 3.8) is 0 Å². The van der Waals surface area contributed by atoms with E-state index in [4.69, 9.17) is 11.6 Å². The Morgan fingerprint density at radius 2 is 2.29 bits per heavy atom. The van der Waals surface area contributed by atoms with Crippen molar-refractivity contribution < 1.29 is 9.90 Å². The highest BCUT2D eigenvalue weighted by Gasteiger charge is 2.10. The summed E-state index contributed by atoms with van der Waals surface area (Å²) in [5.74, 6) is 0. The lowest BCUT2D eigenvalue weighted by molar-refractivity contribution is 0.173. The molecular formula is C14H16ClN3O2S. The molecule has 0 saturated carbocycles. The second kappa shape index (κ2) is 7.40. The number of aromatic nitrogens is 1. The molecule has 3 N–H and O–H groups in total. The van der Waals surface area contributed by atoms with Gasteiger partial charge in [0.25, 0.3) is 0 Å². The normalized spacial score (nSPS) is 12.0. The van der Waals surface area contributed by atoms with E-state index >= 15 is 0 Å². The van der Waals surface area contributed by atoms with Gasteiger partial charge in [-0.1, -0.05) is 23.7 Å². The molecule has 2 aromatic rings. The van der Waals surface area contributed by atoms with Crippen LogP contribution in [-0.4, -0.2) is 22.7 Å². The number of carbonyl (C=O) groups is 1. The van der Waals surface area contributed by atoms with Crippen molar-refractivity contribution in [3.8, 4) is 0 Å². The average Bonchev–Trinajstić information content (AvgIpc) is 2.88. The van der Waals surface area contributed by atoms with E-state index in [1.54, 1.807) is 24.3 Å². The minimum absolute atomic E-state index is 0.113. The highest BCUT2D eigenvalue weighted by atomic mass is 35.5. The first-order valence-electron chi connectivity index (χ1n) is 6.41. The molecule has 2 amide bonds. The maximum atomic E-state index is 11.6. The van der Waals surface area contributed by atoms with Crippen molar-refractivity contribution in [1.82, 2.24) is 15.6 Å². The molecule has 1 aromatic carbocycles. The number of aryl methyl sites for hydroxylation is 1. The molecule has 0 aliphatic heterocycles. The van der Waals surface area contributed by atoms with E-state index in [0.29, 0.717) is 17.1 Å². The summed E-state index contributed by atoms with van der Waals surface area (Å²) < 4.78 is 0. The Balaban J connectivity index is 1.75. The highest BCUT2D eigenvalue weighted by Crippen LogP contribution is 2.16. The van der Waals surface area contributed by atoms with Crippen LogP contribution in [0.3, 0.4) is 0 Å². The van der Waals surface area contributed by atoms with Crippen molar-refractivity contribution >= 4 is 29.0 Å². The zero-order chi connectivity index (χ0) is 15.2. The number of nitrogens with one attached hydrogen (secondary N) is 2. The summed E-state index contributed by atoms with van der Waals surface area (Å²) in [5, 5.41) is 18.7. The molecule has 0 fully saturated rings. The third kappa shape index (κ3) is 5.00. The minimum Gasteiger partial charge on any atom is -0.387 e. The lowest BCUT2D eigenvalue weighted by atomic mass is 10.1. The van der Waals surface area contributed by atoms with Gasteiger partial charge in [0.15, 0.2) is 0 Å². The molecule has 2 rings (SSSR count). The number of aliphatic hydroxyl groups excluding tert-OH is 1. The van der Waals surface area contributed by atoms with E-state index in [-0.39, 0.29) is 12.6 Å². The number of rotatable bonds is 5. The fraction of sp³-hybridized carbons (Fsp3) is 0.286. The minimum atomic E-state index is -0.795. The van der Waals surface area contributed by atoms with Gasteiger partial charge in [-0.2, -0.15) is 0 Å². The number of amides is 2. The van der Waals surface area contributed by atoms with E-state index in [0.717, 1.165) is 10.7 Å². The van der Waals surface area contributed by atoms with Crippen molar-refractivity contribution in [2.24, 2.45) is 0 Å². The molecule has 0 spiro atoms. The van der Waals surface area contributed by atoms with Crippen molar-refractivity contribution in [1.29, 1.82) is 0 Å². The number of halogens is 1. The summed E-state index contributed by atoms with van der Waals surface area (Å²) in [6.07, 6.45) is -0.795. The topological polar surface area (TPSA) is 74.2 Å². The lowest BCUT2D eigenvalue weighted by Crippen LogP contribution is -2.37. The quantitative estimate of drug-likeness (QED) is 0.791. The van der Waals surface area contributed by atoms with Gasteiger partial charge in [0.2, 0.25) is 0 Å². The van der Waals surface area contributed by atoms with Crippen LogP contribution in [0.5, 0.6) is 0 Å². The van der Waals surface area contributed by atoms with E-state index in [1.807, 2.05) is 12.3 Å². The molecule has 7 heteroatoms. The zero-order valence-corrected chi connectivity index (χ0v) is 13.0. The Morgan fingerprint density at radius 3 is 2.95 bits per heavy atom. The van der Waals surface area contributed by atoms with Crippen LogP contribution < -0.4 is 10.6 Å². The Kier molecular flexibility index (Phi) is 5.55. The molecule has 0 unspecified atom stereocenters. The van der Waals surface area contributed by atoms with Crippen LogP contribution in [0, 0.1) is 6.92 Å². The first kappa shape index (κ1) is 15.8. The van der Waals surface area contributed by atoms with Crippen LogP contribution >= 0.6 is 22.9 Å². The van der Waals surface area contributed by atoms with Crippen molar-refractivity contribution in [2.45, 2.75) is 19.6 Å². The number of thiazole rings is 1. The van der Waals surface area contributed by atoms with Crippen molar-refractivity contribution in [3.05, 3.63) is 50.9 Å². The summed E-state index contributed by atoms with van der Waals surface area (Å²) in [6, 6.07) is 6.57. The van der Waals surface area contributed by atoms with Gasteiger partial charge in [0.1, 0.15) is 0 Å². The maximum absolute atomic E-state index is 11.6. The highest BCUT2D eigenvalue weighted by molar-refractivity contribution is 7.09. The van der Waals surface area contributed by atoms with Gasteiger partial charge in [0, 0.05) is 16.9 Å². The molecule has 1 aromatic heterocycles. The largest absolute Gasteiger partial charge is 0.387 e. The number of nitrogens with zero attached hydrogens (tertiary/aromatic N) is 1. The van der Waals surface area contributed by atoms with Crippen molar-refractivity contribution in [2.75, 3.05) is 6.54 Å². The summed E-state index contributed by atoms with van der Waals surface area (Å²) in [6.45, 7) is 2.39. The number of benzene rings is 1. The number of hydrogen-bond donors (Lipinski definition) is 3. The van der Waals surface area contributed by atoms with Crippen LogP contribution in [0.15, 0.2) is 29.6 Å². The van der Waals surface area contributed by atoms with Gasteiger partial charge in [-0.3, -0.25) is 0 Å². The third-order valence-corrected chi connectivity index (χ3v) is 3.84. The molecule has 1 atom stereocenters. The smallest absolute Gasteiger partial charge is 0.315 e. The monoisotopic (exact) mass is 325 g/mol. The van der Waals surface area contributed by atoms with E-state index in [2.05, 4.69) is 15.6 Å². The van der Waals surface area contributed by atoms with Gasteiger partial charge >= 0.3 is 6.03 Å². The second-order valence-electron chi connectivity index (χ2n) is 4.49. The zero-order valence-electron chi connectivity index (χ0n) is 11.5. The Morgan fingerprint density at radius 1 is 1.48 bits per heavy atom. The molecule has 0 aliphatic carbocycles. The molecule has 112 valence electrons. The predicted molar refractivity (Wildman–Crippen MR) is 83.5 cm³/mol. The third-order valence-electron chi connectivity index (χ3n) is 2.79. The summed E-state index contributed by atoms with van der Waals surface area (Å²) in [4.78, 5) is 15.9. The molecule has 5 nitrogen and oxygen atoms in total. The van der Waals surface area contributed by atoms with Crippen LogP contribution in [0.1, 0.15) is 22.4 Å². The number of carbonyl (C=O) groups excluding carboxylic acids is 1. The van der Waals surface area contributed by atoms with Crippen LogP contribution in [0.2, 0.25) is 5.02 Å². The van der Waals surface area contributed by atoms with Crippen LogP contribution in [0.25, 0.3) is 0 Å². The number of aliphatic hydroxyl groups is 1.